The van der Waals surface area contributed by atoms with E-state index < -0.39 is 0 Å². The number of aryl methyl sites for hydroxylation is 1. The van der Waals surface area contributed by atoms with Crippen LogP contribution in [0.4, 0.5) is 0 Å². The number of furan rings is 1. The van der Waals surface area contributed by atoms with Gasteiger partial charge in [0.2, 0.25) is 10.8 Å². The fourth-order valence-corrected chi connectivity index (χ4v) is 4.72. The van der Waals surface area contributed by atoms with Crippen molar-refractivity contribution in [2.75, 3.05) is 13.1 Å². The maximum atomic E-state index is 10.7. The Morgan fingerprint density at radius 1 is 1.38 bits per heavy atom. The quantitative estimate of drug-likeness (QED) is 0.742. The Kier molecular flexibility index (Phi) is 3.82. The van der Waals surface area contributed by atoms with E-state index in [4.69, 9.17) is 9.15 Å². The van der Waals surface area contributed by atoms with E-state index in [0.717, 1.165) is 23.7 Å². The van der Waals surface area contributed by atoms with E-state index >= 15 is 0 Å². The van der Waals surface area contributed by atoms with E-state index in [2.05, 4.69) is 23.9 Å². The molecule has 1 aliphatic rings. The van der Waals surface area contributed by atoms with Crippen LogP contribution in [-0.4, -0.2) is 45.0 Å². The number of fused-ring (bicyclic) bond motifs is 1. The van der Waals surface area contributed by atoms with E-state index in [9.17, 15) is 5.11 Å². The van der Waals surface area contributed by atoms with Gasteiger partial charge in [-0.1, -0.05) is 11.3 Å². The van der Waals surface area contributed by atoms with E-state index in [0.29, 0.717) is 10.8 Å². The zero-order chi connectivity index (χ0) is 16.8. The minimum absolute atomic E-state index is 0.0948. The fourth-order valence-electron chi connectivity index (χ4n) is 3.56. The van der Waals surface area contributed by atoms with Gasteiger partial charge in [0.1, 0.15) is 36.0 Å². The second-order valence-electron chi connectivity index (χ2n) is 6.42. The van der Waals surface area contributed by atoms with Crippen molar-refractivity contribution in [3.63, 3.8) is 0 Å². The summed E-state index contributed by atoms with van der Waals surface area (Å²) in [6, 6.07) is 3.75. The minimum atomic E-state index is -0.0948. The van der Waals surface area contributed by atoms with Gasteiger partial charge in [-0.05, 0) is 32.9 Å². The molecule has 8 heteroatoms. The van der Waals surface area contributed by atoms with Crippen molar-refractivity contribution in [3.05, 3.63) is 34.9 Å². The Balaban J connectivity index is 1.80. The summed E-state index contributed by atoms with van der Waals surface area (Å²) in [5, 5.41) is 15.0. The Morgan fingerprint density at radius 3 is 2.75 bits per heavy atom. The molecule has 1 aliphatic heterocycles. The SMILES string of the molecule is Cc1nc2sc([C@@H](c3ccco3)[NH+]3C[C@@H](C)O[C@@H](C)C3)c(O)n2n1. The topological polar surface area (TPSA) is 77.2 Å². The third-order valence-corrected chi connectivity index (χ3v) is 5.45. The molecule has 4 rings (SSSR count). The lowest BCUT2D eigenvalue weighted by Gasteiger charge is -2.36. The van der Waals surface area contributed by atoms with Crippen molar-refractivity contribution in [1.82, 2.24) is 14.6 Å². The van der Waals surface area contributed by atoms with E-state index in [1.165, 1.54) is 20.8 Å². The van der Waals surface area contributed by atoms with Crippen LogP contribution in [0.1, 0.15) is 36.4 Å². The van der Waals surface area contributed by atoms with Gasteiger partial charge in [-0.2, -0.15) is 4.52 Å². The fraction of sp³-hybridized carbons (Fsp3) is 0.500. The van der Waals surface area contributed by atoms with Gasteiger partial charge in [-0.15, -0.1) is 5.10 Å². The van der Waals surface area contributed by atoms with Crippen LogP contribution in [0.2, 0.25) is 0 Å². The molecule has 0 aliphatic carbocycles. The maximum Gasteiger partial charge on any atom is 0.235 e. The van der Waals surface area contributed by atoms with Crippen LogP contribution in [0.15, 0.2) is 22.8 Å². The third kappa shape index (κ3) is 2.60. The molecule has 1 fully saturated rings. The second-order valence-corrected chi connectivity index (χ2v) is 7.42. The standard InChI is InChI=1S/C16H20N4O3S/c1-9-7-19(8-10(2)23-9)13(12-5-4-6-22-12)14-15(21)20-16(24-14)17-11(3)18-20/h4-6,9-10,13,21H,7-8H2,1-3H3/p+1/t9-,10+,13-/m1/s1. The van der Waals surface area contributed by atoms with Crippen molar-refractivity contribution in [2.45, 2.75) is 39.0 Å². The van der Waals surface area contributed by atoms with Gasteiger partial charge in [-0.3, -0.25) is 0 Å². The Bertz CT molecular complexity index is 831. The summed E-state index contributed by atoms with van der Waals surface area (Å²) in [6.07, 6.45) is 1.99. The Hall–Kier alpha value is -1.90. The molecule has 1 saturated heterocycles. The zero-order valence-corrected chi connectivity index (χ0v) is 14.7. The molecule has 4 heterocycles. The first kappa shape index (κ1) is 15.6. The van der Waals surface area contributed by atoms with Crippen LogP contribution in [0.5, 0.6) is 5.88 Å². The predicted molar refractivity (Wildman–Crippen MR) is 88.5 cm³/mol. The highest BCUT2D eigenvalue weighted by Crippen LogP contribution is 2.35. The summed E-state index contributed by atoms with van der Waals surface area (Å²) >= 11 is 1.46. The normalized spacial score (nSPS) is 26.0. The van der Waals surface area contributed by atoms with Gasteiger partial charge < -0.3 is 19.2 Å². The van der Waals surface area contributed by atoms with Gasteiger partial charge in [-0.25, -0.2) is 4.98 Å². The molecule has 3 aromatic rings. The molecular weight excluding hydrogens is 328 g/mol. The summed E-state index contributed by atoms with van der Waals surface area (Å²) in [7, 11) is 0. The highest BCUT2D eigenvalue weighted by atomic mass is 32.1. The molecule has 0 saturated carbocycles. The van der Waals surface area contributed by atoms with Gasteiger partial charge in [0, 0.05) is 0 Å². The largest absolute Gasteiger partial charge is 0.492 e. The molecule has 0 radical (unpaired) electrons. The average molecular weight is 349 g/mol. The number of quaternary nitrogens is 1. The number of morpholine rings is 1. The number of aromatic nitrogens is 3. The molecule has 7 nitrogen and oxygen atoms in total. The second kappa shape index (κ2) is 5.87. The van der Waals surface area contributed by atoms with Gasteiger partial charge >= 0.3 is 0 Å². The molecule has 0 amide bonds. The Labute approximate surface area is 143 Å². The first-order valence-corrected chi connectivity index (χ1v) is 8.93. The monoisotopic (exact) mass is 349 g/mol. The average Bonchev–Trinajstić information content (AvgIpc) is 3.20. The number of ether oxygens (including phenoxy) is 1. The lowest BCUT2D eigenvalue weighted by atomic mass is 10.1. The van der Waals surface area contributed by atoms with Crippen LogP contribution in [0, 0.1) is 6.92 Å². The van der Waals surface area contributed by atoms with Crippen molar-refractivity contribution >= 4 is 16.3 Å². The van der Waals surface area contributed by atoms with Crippen molar-refractivity contribution in [2.24, 2.45) is 0 Å². The lowest BCUT2D eigenvalue weighted by molar-refractivity contribution is -0.940. The summed E-state index contributed by atoms with van der Waals surface area (Å²) < 4.78 is 13.1. The molecule has 4 atom stereocenters. The van der Waals surface area contributed by atoms with Gasteiger partial charge in [0.15, 0.2) is 11.8 Å². The Morgan fingerprint density at radius 2 is 2.12 bits per heavy atom. The van der Waals surface area contributed by atoms with Crippen molar-refractivity contribution < 1.29 is 19.2 Å². The van der Waals surface area contributed by atoms with Gasteiger partial charge in [0.05, 0.1) is 6.26 Å². The molecule has 0 bridgehead atoms. The molecular formula is C16H21N4O3S+. The smallest absolute Gasteiger partial charge is 0.235 e. The number of nitrogens with zero attached hydrogens (tertiary/aromatic N) is 3. The molecule has 128 valence electrons. The number of hydrogen-bond donors (Lipinski definition) is 2. The third-order valence-electron chi connectivity index (χ3n) is 4.37. The number of thiazole rings is 1. The number of rotatable bonds is 3. The molecule has 3 aromatic heterocycles. The number of nitrogens with one attached hydrogen (secondary N) is 1. The van der Waals surface area contributed by atoms with Crippen molar-refractivity contribution in [3.8, 4) is 5.88 Å². The zero-order valence-electron chi connectivity index (χ0n) is 13.9. The minimum Gasteiger partial charge on any atom is -0.492 e. The number of hydrogen-bond acceptors (Lipinski definition) is 6. The number of aromatic hydroxyl groups is 1. The summed E-state index contributed by atoms with van der Waals surface area (Å²) in [5.41, 5.74) is 0. The first-order valence-electron chi connectivity index (χ1n) is 8.11. The lowest BCUT2D eigenvalue weighted by Crippen LogP contribution is -3.15. The highest BCUT2D eigenvalue weighted by molar-refractivity contribution is 7.17. The first-order chi connectivity index (χ1) is 11.5. The maximum absolute atomic E-state index is 10.7. The van der Waals surface area contributed by atoms with E-state index in [1.807, 2.05) is 19.1 Å². The predicted octanol–water partition coefficient (Wildman–Crippen LogP) is 1.18. The van der Waals surface area contributed by atoms with E-state index in [-0.39, 0.29) is 24.1 Å². The molecule has 1 unspecified atom stereocenters. The summed E-state index contributed by atoms with van der Waals surface area (Å²) in [5.74, 6) is 1.64. The van der Waals surface area contributed by atoms with Crippen LogP contribution >= 0.6 is 11.3 Å². The molecule has 2 N–H and O–H groups in total. The molecule has 0 aromatic carbocycles. The molecule has 0 spiro atoms. The van der Waals surface area contributed by atoms with Gasteiger partial charge in [0.25, 0.3) is 0 Å². The summed E-state index contributed by atoms with van der Waals surface area (Å²) in [4.78, 5) is 7.22. The van der Waals surface area contributed by atoms with Crippen LogP contribution in [0.25, 0.3) is 4.96 Å². The van der Waals surface area contributed by atoms with Crippen molar-refractivity contribution in [1.29, 1.82) is 0 Å². The van der Waals surface area contributed by atoms with Crippen LogP contribution in [0.3, 0.4) is 0 Å². The molecule has 24 heavy (non-hydrogen) atoms. The van der Waals surface area contributed by atoms with E-state index in [1.54, 1.807) is 6.26 Å². The summed E-state index contributed by atoms with van der Waals surface area (Å²) in [6.45, 7) is 7.69. The highest BCUT2D eigenvalue weighted by Gasteiger charge is 2.38. The van der Waals surface area contributed by atoms with Crippen LogP contribution in [-0.2, 0) is 4.74 Å². The van der Waals surface area contributed by atoms with Crippen LogP contribution < -0.4 is 4.90 Å².